The maximum atomic E-state index is 13.0. The lowest BCUT2D eigenvalue weighted by molar-refractivity contribution is -0.118. The fourth-order valence-corrected chi connectivity index (χ4v) is 4.98. The average molecular weight is 474 g/mol. The van der Waals surface area contributed by atoms with E-state index in [-0.39, 0.29) is 16.7 Å². The predicted molar refractivity (Wildman–Crippen MR) is 132 cm³/mol. The van der Waals surface area contributed by atoms with E-state index in [1.165, 1.54) is 0 Å². The largest absolute Gasteiger partial charge is 0.378 e. The minimum absolute atomic E-state index is 0.135. The summed E-state index contributed by atoms with van der Waals surface area (Å²) in [5.41, 5.74) is 2.76. The number of nitrogens with one attached hydrogen (secondary N) is 2. The Morgan fingerprint density at radius 3 is 2.12 bits per heavy atom. The van der Waals surface area contributed by atoms with Crippen molar-refractivity contribution in [1.29, 1.82) is 0 Å². The second-order valence-corrected chi connectivity index (χ2v) is 10.9. The summed E-state index contributed by atoms with van der Waals surface area (Å²) in [4.78, 5) is 15.4. The van der Waals surface area contributed by atoms with Gasteiger partial charge in [0.05, 0.1) is 18.1 Å². The number of amides is 1. The first-order chi connectivity index (χ1) is 15.7. The number of hydrogen-bond donors (Lipinski definition) is 2. The van der Waals surface area contributed by atoms with Gasteiger partial charge >= 0.3 is 0 Å². The summed E-state index contributed by atoms with van der Waals surface area (Å²) < 4.78 is 33.9. The van der Waals surface area contributed by atoms with E-state index in [0.717, 1.165) is 24.3 Å². The molecule has 2 aromatic rings. The molecule has 33 heavy (non-hydrogen) atoms. The Morgan fingerprint density at radius 2 is 1.58 bits per heavy atom. The van der Waals surface area contributed by atoms with Crippen LogP contribution in [0, 0.1) is 5.92 Å². The molecule has 0 unspecified atom stereocenters. The summed E-state index contributed by atoms with van der Waals surface area (Å²) in [7, 11) is -3.84. The SMILES string of the molecule is CC(C)C[C@H](NS(=O)(=O)c1ccc(C(C)C)cc1)C(=O)Nc1ccc(N2CCOCC2)cc1. The molecule has 0 aromatic heterocycles. The van der Waals surface area contributed by atoms with Crippen molar-refractivity contribution in [1.82, 2.24) is 4.72 Å². The third-order valence-electron chi connectivity index (χ3n) is 5.69. The quantitative estimate of drug-likeness (QED) is 0.575. The van der Waals surface area contributed by atoms with Crippen LogP contribution in [0.3, 0.4) is 0 Å². The fraction of sp³-hybridized carbons (Fsp3) is 0.480. The number of ether oxygens (including phenoxy) is 1. The molecule has 0 saturated carbocycles. The minimum atomic E-state index is -3.84. The van der Waals surface area contributed by atoms with Crippen LogP contribution in [-0.4, -0.2) is 46.7 Å². The summed E-state index contributed by atoms with van der Waals surface area (Å²) in [5.74, 6) is 0.0736. The molecule has 1 saturated heterocycles. The van der Waals surface area contributed by atoms with Gasteiger partial charge in [0.25, 0.3) is 0 Å². The molecule has 0 bridgehead atoms. The number of anilines is 2. The van der Waals surface area contributed by atoms with E-state index in [1.807, 2.05) is 50.2 Å². The zero-order valence-corrected chi connectivity index (χ0v) is 20.7. The third-order valence-corrected chi connectivity index (χ3v) is 7.18. The molecular weight excluding hydrogens is 438 g/mol. The first-order valence-corrected chi connectivity index (χ1v) is 13.0. The molecule has 1 amide bonds. The molecule has 2 N–H and O–H groups in total. The smallest absolute Gasteiger partial charge is 0.242 e. The first kappa shape index (κ1) is 25.2. The lowest BCUT2D eigenvalue weighted by Gasteiger charge is -2.29. The average Bonchev–Trinajstić information content (AvgIpc) is 2.79. The Labute approximate surface area is 197 Å². The maximum absolute atomic E-state index is 13.0. The van der Waals surface area contributed by atoms with E-state index >= 15 is 0 Å². The molecule has 180 valence electrons. The van der Waals surface area contributed by atoms with E-state index < -0.39 is 16.1 Å². The van der Waals surface area contributed by atoms with Crippen LogP contribution in [-0.2, 0) is 19.6 Å². The molecular formula is C25H35N3O4S. The normalized spacial score (nSPS) is 15.6. The highest BCUT2D eigenvalue weighted by atomic mass is 32.2. The number of nitrogens with zero attached hydrogens (tertiary/aromatic N) is 1. The van der Waals surface area contributed by atoms with Crippen molar-refractivity contribution in [3.63, 3.8) is 0 Å². The van der Waals surface area contributed by atoms with Gasteiger partial charge in [-0.2, -0.15) is 4.72 Å². The van der Waals surface area contributed by atoms with Crippen molar-refractivity contribution in [3.05, 3.63) is 54.1 Å². The summed E-state index contributed by atoms with van der Waals surface area (Å²) in [6.07, 6.45) is 0.390. The van der Waals surface area contributed by atoms with Crippen LogP contribution >= 0.6 is 0 Å². The molecule has 0 spiro atoms. The monoisotopic (exact) mass is 473 g/mol. The summed E-state index contributed by atoms with van der Waals surface area (Å²) in [5, 5.41) is 2.87. The summed E-state index contributed by atoms with van der Waals surface area (Å²) in [6.45, 7) is 11.1. The minimum Gasteiger partial charge on any atom is -0.378 e. The Hall–Kier alpha value is -2.42. The molecule has 7 nitrogen and oxygen atoms in total. The summed E-state index contributed by atoms with van der Waals surface area (Å²) >= 11 is 0. The summed E-state index contributed by atoms with van der Waals surface area (Å²) in [6, 6.07) is 13.5. The zero-order chi connectivity index (χ0) is 24.0. The highest BCUT2D eigenvalue weighted by Gasteiger charge is 2.27. The van der Waals surface area contributed by atoms with Gasteiger partial charge in [-0.15, -0.1) is 0 Å². The second kappa shape index (κ2) is 11.1. The number of carbonyl (C=O) groups excluding carboxylic acids is 1. The van der Waals surface area contributed by atoms with Gasteiger partial charge in [-0.3, -0.25) is 4.79 Å². The van der Waals surface area contributed by atoms with Gasteiger partial charge in [-0.1, -0.05) is 39.8 Å². The molecule has 1 aliphatic heterocycles. The van der Waals surface area contributed by atoms with Gasteiger partial charge in [0.15, 0.2) is 0 Å². The van der Waals surface area contributed by atoms with Crippen LogP contribution in [0.5, 0.6) is 0 Å². The van der Waals surface area contributed by atoms with Crippen LogP contribution in [0.2, 0.25) is 0 Å². The predicted octanol–water partition coefficient (Wildman–Crippen LogP) is 3.98. The number of rotatable bonds is 9. The van der Waals surface area contributed by atoms with Crippen molar-refractivity contribution < 1.29 is 17.9 Å². The molecule has 1 heterocycles. The fourth-order valence-electron chi connectivity index (χ4n) is 3.77. The number of carbonyl (C=O) groups is 1. The topological polar surface area (TPSA) is 87.7 Å². The molecule has 1 fully saturated rings. The number of hydrogen-bond acceptors (Lipinski definition) is 5. The van der Waals surface area contributed by atoms with Crippen LogP contribution in [0.25, 0.3) is 0 Å². The maximum Gasteiger partial charge on any atom is 0.242 e. The molecule has 0 radical (unpaired) electrons. The van der Waals surface area contributed by atoms with Gasteiger partial charge in [0, 0.05) is 24.5 Å². The van der Waals surface area contributed by atoms with Gasteiger partial charge in [0.2, 0.25) is 15.9 Å². The first-order valence-electron chi connectivity index (χ1n) is 11.5. The molecule has 8 heteroatoms. The lowest BCUT2D eigenvalue weighted by Crippen LogP contribution is -2.44. The standard InChI is InChI=1S/C25H35N3O4S/c1-18(2)17-24(27-33(30,31)23-11-5-20(6-12-23)19(3)4)25(29)26-21-7-9-22(10-8-21)28-13-15-32-16-14-28/h5-12,18-19,24,27H,13-17H2,1-4H3,(H,26,29)/t24-/m0/s1. The Kier molecular flexibility index (Phi) is 8.51. The van der Waals surface area contributed by atoms with Crippen molar-refractivity contribution >= 4 is 27.3 Å². The molecule has 3 rings (SSSR count). The van der Waals surface area contributed by atoms with Crippen molar-refractivity contribution in [2.45, 2.75) is 51.0 Å². The highest BCUT2D eigenvalue weighted by molar-refractivity contribution is 7.89. The van der Waals surface area contributed by atoms with Crippen molar-refractivity contribution in [2.75, 3.05) is 36.5 Å². The van der Waals surface area contributed by atoms with E-state index in [0.29, 0.717) is 31.2 Å². The molecule has 1 aliphatic rings. The van der Waals surface area contributed by atoms with Gasteiger partial charge < -0.3 is 15.0 Å². The lowest BCUT2D eigenvalue weighted by atomic mass is 10.0. The Bertz CT molecular complexity index is 1010. The van der Waals surface area contributed by atoms with E-state index in [4.69, 9.17) is 4.74 Å². The van der Waals surface area contributed by atoms with Gasteiger partial charge in [0.1, 0.15) is 6.04 Å². The van der Waals surface area contributed by atoms with Crippen LogP contribution < -0.4 is 14.9 Å². The van der Waals surface area contributed by atoms with Gasteiger partial charge in [-0.25, -0.2) is 8.42 Å². The molecule has 2 aromatic carbocycles. The van der Waals surface area contributed by atoms with E-state index in [1.54, 1.807) is 12.1 Å². The number of morpholine rings is 1. The second-order valence-electron chi connectivity index (χ2n) is 9.16. The number of benzene rings is 2. The Balaban J connectivity index is 1.70. The number of sulfonamides is 1. The molecule has 0 aliphatic carbocycles. The van der Waals surface area contributed by atoms with Gasteiger partial charge in [-0.05, 0) is 60.2 Å². The molecule has 1 atom stereocenters. The van der Waals surface area contributed by atoms with Crippen LogP contribution in [0.15, 0.2) is 53.4 Å². The van der Waals surface area contributed by atoms with Crippen molar-refractivity contribution in [3.8, 4) is 0 Å². The van der Waals surface area contributed by atoms with E-state index in [2.05, 4.69) is 28.8 Å². The Morgan fingerprint density at radius 1 is 0.970 bits per heavy atom. The third kappa shape index (κ3) is 7.03. The van der Waals surface area contributed by atoms with Crippen molar-refractivity contribution in [2.24, 2.45) is 5.92 Å². The van der Waals surface area contributed by atoms with Crippen LogP contribution in [0.1, 0.15) is 45.6 Å². The van der Waals surface area contributed by atoms with E-state index in [9.17, 15) is 13.2 Å². The highest BCUT2D eigenvalue weighted by Crippen LogP contribution is 2.21. The zero-order valence-electron chi connectivity index (χ0n) is 19.9. The van der Waals surface area contributed by atoms with Crippen LogP contribution in [0.4, 0.5) is 11.4 Å².